The second-order valence-electron chi connectivity index (χ2n) is 10.0. The molecule has 10 nitrogen and oxygen atoms in total. The van der Waals surface area contributed by atoms with Crippen molar-refractivity contribution < 1.29 is 17.4 Å². The van der Waals surface area contributed by atoms with E-state index in [1.165, 1.54) is 25.2 Å². The molecule has 12 heteroatoms. The van der Waals surface area contributed by atoms with E-state index in [2.05, 4.69) is 30.8 Å². The number of imidazole rings is 1. The van der Waals surface area contributed by atoms with Crippen LogP contribution >= 0.6 is 0 Å². The van der Waals surface area contributed by atoms with Crippen LogP contribution in [0.25, 0.3) is 11.0 Å². The summed E-state index contributed by atoms with van der Waals surface area (Å²) in [4.78, 5) is 28.6. The minimum absolute atomic E-state index is 0.0295. The van der Waals surface area contributed by atoms with Crippen molar-refractivity contribution in [3.05, 3.63) is 53.0 Å². The quantitative estimate of drug-likeness (QED) is 0.506. The van der Waals surface area contributed by atoms with Gasteiger partial charge in [0, 0.05) is 38.3 Å². The fourth-order valence-electron chi connectivity index (χ4n) is 6.25. The number of H-pyrrole nitrogens is 1. The Kier molecular flexibility index (Phi) is 6.84. The summed E-state index contributed by atoms with van der Waals surface area (Å²) in [7, 11) is -3.67. The lowest BCUT2D eigenvalue weighted by Gasteiger charge is -2.38. The van der Waals surface area contributed by atoms with Crippen LogP contribution in [-0.4, -0.2) is 75.9 Å². The molecule has 36 heavy (non-hydrogen) atoms. The molecule has 2 saturated carbocycles. The molecule has 194 valence electrons. The highest BCUT2D eigenvalue weighted by Crippen LogP contribution is 2.50. The first-order valence-corrected chi connectivity index (χ1v) is 14.1. The number of benzene rings is 1. The van der Waals surface area contributed by atoms with Crippen molar-refractivity contribution in [3.8, 4) is 0 Å². The van der Waals surface area contributed by atoms with Crippen LogP contribution < -0.4 is 10.6 Å². The predicted octanol–water partition coefficient (Wildman–Crippen LogP) is 2.31. The van der Waals surface area contributed by atoms with Gasteiger partial charge in [0.25, 0.3) is 10.1 Å². The van der Waals surface area contributed by atoms with E-state index in [4.69, 9.17) is 4.55 Å². The molecule has 6 rings (SSSR count). The predicted molar refractivity (Wildman–Crippen MR) is 134 cm³/mol. The number of para-hydroxylation sites is 2. The average Bonchev–Trinajstić information content (AvgIpc) is 3.49. The van der Waals surface area contributed by atoms with Gasteiger partial charge in [-0.25, -0.2) is 19.2 Å². The van der Waals surface area contributed by atoms with E-state index >= 15 is 0 Å². The largest absolute Gasteiger partial charge is 0.338 e. The summed E-state index contributed by atoms with van der Waals surface area (Å²) in [5.74, 6) is 1.63. The minimum atomic E-state index is -3.67. The zero-order valence-electron chi connectivity index (χ0n) is 20.1. The molecule has 1 aliphatic heterocycles. The maximum atomic E-state index is 13.1. The third kappa shape index (κ3) is 5.45. The van der Waals surface area contributed by atoms with Crippen molar-refractivity contribution in [2.75, 3.05) is 37.3 Å². The first kappa shape index (κ1) is 24.8. The van der Waals surface area contributed by atoms with Crippen molar-refractivity contribution in [1.29, 1.82) is 0 Å². The molecule has 0 radical (unpaired) electrons. The van der Waals surface area contributed by atoms with Crippen molar-refractivity contribution in [2.45, 2.75) is 37.8 Å². The number of halogens is 1. The number of rotatable bonds is 3. The highest BCUT2D eigenvalue weighted by Gasteiger charge is 2.44. The number of aromatic nitrogens is 4. The van der Waals surface area contributed by atoms with Crippen molar-refractivity contribution in [2.24, 2.45) is 11.8 Å². The monoisotopic (exact) mass is 518 g/mol. The maximum Gasteiger partial charge on any atom is 0.326 e. The van der Waals surface area contributed by atoms with Gasteiger partial charge in [-0.15, -0.1) is 0 Å². The number of anilines is 1. The normalized spacial score (nSPS) is 26.6. The van der Waals surface area contributed by atoms with Gasteiger partial charge in [0.05, 0.1) is 29.7 Å². The Balaban J connectivity index is 0.000000489. The van der Waals surface area contributed by atoms with Gasteiger partial charge in [-0.3, -0.25) is 14.0 Å². The zero-order chi connectivity index (χ0) is 25.4. The van der Waals surface area contributed by atoms with Crippen LogP contribution in [0.15, 0.2) is 41.5 Å². The molecule has 2 aliphatic carbocycles. The van der Waals surface area contributed by atoms with Gasteiger partial charge < -0.3 is 9.88 Å². The highest BCUT2D eigenvalue weighted by atomic mass is 32.2. The van der Waals surface area contributed by atoms with Crippen LogP contribution in [0.3, 0.4) is 0 Å². The molecule has 2 N–H and O–H groups in total. The van der Waals surface area contributed by atoms with Crippen molar-refractivity contribution >= 4 is 27.1 Å². The van der Waals surface area contributed by atoms with Gasteiger partial charge in [0.1, 0.15) is 0 Å². The second kappa shape index (κ2) is 9.91. The summed E-state index contributed by atoms with van der Waals surface area (Å²) in [5, 5.41) is 0. The van der Waals surface area contributed by atoms with Crippen LogP contribution in [0.5, 0.6) is 0 Å². The molecular weight excluding hydrogens is 487 g/mol. The summed E-state index contributed by atoms with van der Waals surface area (Å²) in [6, 6.07) is 8.95. The van der Waals surface area contributed by atoms with E-state index in [9.17, 15) is 17.6 Å². The molecule has 3 aliphatic rings. The number of nitrogens with zero attached hydrogens (tertiary/aromatic N) is 5. The number of aromatic amines is 1. The van der Waals surface area contributed by atoms with E-state index in [0.717, 1.165) is 50.1 Å². The second-order valence-corrected chi connectivity index (χ2v) is 11.5. The number of hydrogen-bond donors (Lipinski definition) is 2. The van der Waals surface area contributed by atoms with Crippen LogP contribution in [0.2, 0.25) is 0 Å². The Hall–Kier alpha value is -2.83. The standard InChI is InChI=1S/C23H27FN6O.CH4O3S/c24-17-13-25-22(26-14-17)29-7-5-28(6-8-29)18-9-15-11-19(12-16(15)10-18)30-21-4-2-1-3-20(21)27-23(30)31;1-5(2,3)4/h1-4,13-16,18-19H,5-12H2,(H,27,31);1H3,(H,2,3,4). The molecule has 2 atom stereocenters. The van der Waals surface area contributed by atoms with E-state index in [-0.39, 0.29) is 5.69 Å². The van der Waals surface area contributed by atoms with Crippen LogP contribution in [-0.2, 0) is 10.1 Å². The molecule has 1 saturated heterocycles. The van der Waals surface area contributed by atoms with E-state index < -0.39 is 15.9 Å². The first-order valence-electron chi connectivity index (χ1n) is 12.2. The average molecular weight is 519 g/mol. The SMILES string of the molecule is CS(=O)(=O)O.O=c1[nH]c2ccccc2n1C1CC2CC(N3CCN(c4ncc(F)cn4)CC3)CC2C1. The lowest BCUT2D eigenvalue weighted by molar-refractivity contribution is 0.176. The molecule has 3 fully saturated rings. The summed E-state index contributed by atoms with van der Waals surface area (Å²) in [6.45, 7) is 3.75. The third-order valence-electron chi connectivity index (χ3n) is 7.68. The summed E-state index contributed by atoms with van der Waals surface area (Å²) in [6.07, 6.45) is 7.85. The van der Waals surface area contributed by atoms with Crippen LogP contribution in [0, 0.1) is 17.7 Å². The first-order chi connectivity index (χ1) is 17.2. The molecule has 3 heterocycles. The molecule has 3 aromatic rings. The van der Waals surface area contributed by atoms with Gasteiger partial charge in [-0.05, 0) is 49.7 Å². The Labute approximate surface area is 208 Å². The number of hydrogen-bond acceptors (Lipinski definition) is 7. The summed E-state index contributed by atoms with van der Waals surface area (Å²) < 4.78 is 40.9. The fraction of sp³-hybridized carbons (Fsp3) is 0.542. The van der Waals surface area contributed by atoms with Crippen LogP contribution in [0.1, 0.15) is 31.7 Å². The van der Waals surface area contributed by atoms with E-state index in [0.29, 0.717) is 36.1 Å². The van der Waals surface area contributed by atoms with Gasteiger partial charge in [0.2, 0.25) is 5.95 Å². The maximum absolute atomic E-state index is 13.1. The zero-order valence-corrected chi connectivity index (χ0v) is 20.9. The van der Waals surface area contributed by atoms with Crippen molar-refractivity contribution in [3.63, 3.8) is 0 Å². The molecule has 0 bridgehead atoms. The number of nitrogens with one attached hydrogen (secondary N) is 1. The summed E-state index contributed by atoms with van der Waals surface area (Å²) >= 11 is 0. The topological polar surface area (TPSA) is 124 Å². The van der Waals surface area contributed by atoms with E-state index in [1.54, 1.807) is 0 Å². The van der Waals surface area contributed by atoms with Gasteiger partial charge in [-0.2, -0.15) is 8.42 Å². The van der Waals surface area contributed by atoms with Gasteiger partial charge in [-0.1, -0.05) is 12.1 Å². The highest BCUT2D eigenvalue weighted by molar-refractivity contribution is 7.85. The molecular formula is C24H31FN6O4S. The molecule has 2 unspecified atom stereocenters. The lowest BCUT2D eigenvalue weighted by atomic mass is 10.0. The number of fused-ring (bicyclic) bond motifs is 2. The van der Waals surface area contributed by atoms with Crippen LogP contribution in [0.4, 0.5) is 10.3 Å². The van der Waals surface area contributed by atoms with E-state index in [1.807, 2.05) is 22.8 Å². The lowest BCUT2D eigenvalue weighted by Crippen LogP contribution is -2.50. The number of piperazine rings is 1. The smallest absolute Gasteiger partial charge is 0.326 e. The Bertz CT molecular complexity index is 1350. The molecule has 1 aromatic carbocycles. The van der Waals surface area contributed by atoms with Gasteiger partial charge in [0.15, 0.2) is 5.82 Å². The van der Waals surface area contributed by atoms with Crippen molar-refractivity contribution in [1.82, 2.24) is 24.4 Å². The molecule has 0 amide bonds. The Morgan fingerprint density at radius 1 is 0.972 bits per heavy atom. The Morgan fingerprint density at radius 2 is 1.53 bits per heavy atom. The van der Waals surface area contributed by atoms with Gasteiger partial charge >= 0.3 is 5.69 Å². The Morgan fingerprint density at radius 3 is 2.14 bits per heavy atom. The summed E-state index contributed by atoms with van der Waals surface area (Å²) in [5.41, 5.74) is 2.00. The molecule has 0 spiro atoms. The molecule has 2 aromatic heterocycles. The third-order valence-corrected chi connectivity index (χ3v) is 7.68. The minimum Gasteiger partial charge on any atom is -0.338 e. The fourth-order valence-corrected chi connectivity index (χ4v) is 6.25.